The Balaban J connectivity index is 1.62. The van der Waals surface area contributed by atoms with Gasteiger partial charge in [0.05, 0.1) is 19.3 Å². The molecule has 1 saturated carbocycles. The number of hydrogen-bond acceptors (Lipinski definition) is 4. The summed E-state index contributed by atoms with van der Waals surface area (Å²) in [5, 5.41) is 2.98. The highest BCUT2D eigenvalue weighted by Crippen LogP contribution is 2.29. The van der Waals surface area contributed by atoms with Crippen molar-refractivity contribution >= 4 is 17.3 Å². The molecule has 0 aromatic heterocycles. The molecule has 1 amide bonds. The maximum absolute atomic E-state index is 12.3. The average molecular weight is 289 g/mol. The monoisotopic (exact) mass is 289 g/mol. The van der Waals surface area contributed by atoms with Gasteiger partial charge in [-0.1, -0.05) is 6.07 Å². The minimum Gasteiger partial charge on any atom is -0.398 e. The molecule has 3 N–H and O–H groups in total. The molecular weight excluding hydrogens is 266 g/mol. The van der Waals surface area contributed by atoms with E-state index in [2.05, 4.69) is 10.2 Å². The number of fused-ring (bicyclic) bond motifs is 1. The van der Waals surface area contributed by atoms with Gasteiger partial charge in [-0.05, 0) is 43.9 Å². The summed E-state index contributed by atoms with van der Waals surface area (Å²) in [5.74, 6) is 0.0243. The number of hydrogen-bond donors (Lipinski definition) is 2. The van der Waals surface area contributed by atoms with Crippen LogP contribution in [0.3, 0.4) is 0 Å². The molecule has 1 aromatic rings. The Hall–Kier alpha value is -1.59. The van der Waals surface area contributed by atoms with E-state index in [1.807, 2.05) is 25.1 Å². The van der Waals surface area contributed by atoms with E-state index in [0.29, 0.717) is 24.4 Å². The van der Waals surface area contributed by atoms with Gasteiger partial charge in [0.1, 0.15) is 0 Å². The Morgan fingerprint density at radius 3 is 3.19 bits per heavy atom. The van der Waals surface area contributed by atoms with Crippen LogP contribution in [0.2, 0.25) is 0 Å². The van der Waals surface area contributed by atoms with Crippen molar-refractivity contribution in [3.05, 3.63) is 23.8 Å². The lowest BCUT2D eigenvalue weighted by Gasteiger charge is -2.37. The first-order chi connectivity index (χ1) is 10.1. The maximum Gasteiger partial charge on any atom is 0.238 e. The van der Waals surface area contributed by atoms with E-state index in [1.165, 1.54) is 6.42 Å². The molecule has 1 aliphatic heterocycles. The number of rotatable bonds is 3. The van der Waals surface area contributed by atoms with Crippen LogP contribution in [0.15, 0.2) is 18.2 Å². The standard InChI is InChI=1S/C16H23N3O2/c1-11-12(17)4-2-5-13(11)18-16(20)10-19-8-9-21-15-7-3-6-14(15)19/h2,4-5,14-15H,3,6-10,17H2,1H3,(H,18,20). The number of nitrogens with two attached hydrogens (primary N) is 1. The van der Waals surface area contributed by atoms with E-state index in [9.17, 15) is 4.79 Å². The second kappa shape index (κ2) is 6.03. The van der Waals surface area contributed by atoms with Gasteiger partial charge in [-0.25, -0.2) is 0 Å². The number of nitrogens with zero attached hydrogens (tertiary/aromatic N) is 1. The molecule has 2 fully saturated rings. The summed E-state index contributed by atoms with van der Waals surface area (Å²) in [6.07, 6.45) is 3.77. The van der Waals surface area contributed by atoms with Crippen LogP contribution >= 0.6 is 0 Å². The lowest BCUT2D eigenvalue weighted by atomic mass is 10.1. The third-order valence-electron chi connectivity index (χ3n) is 4.59. The normalized spacial score (nSPS) is 25.6. The number of anilines is 2. The molecule has 3 rings (SSSR count). The highest BCUT2D eigenvalue weighted by molar-refractivity contribution is 5.93. The number of benzene rings is 1. The van der Waals surface area contributed by atoms with Gasteiger partial charge < -0.3 is 15.8 Å². The summed E-state index contributed by atoms with van der Waals surface area (Å²) in [6, 6.07) is 6.00. The Kier molecular flexibility index (Phi) is 4.12. The Morgan fingerprint density at radius 2 is 2.33 bits per heavy atom. The second-order valence-electron chi connectivity index (χ2n) is 5.95. The molecule has 1 saturated heterocycles. The smallest absolute Gasteiger partial charge is 0.238 e. The number of carbonyl (C=O) groups is 1. The van der Waals surface area contributed by atoms with Gasteiger partial charge in [0.2, 0.25) is 5.91 Å². The highest BCUT2D eigenvalue weighted by Gasteiger charge is 2.36. The SMILES string of the molecule is Cc1c(N)cccc1NC(=O)CN1CCOC2CCCC21. The molecule has 5 heteroatoms. The minimum absolute atomic E-state index is 0.0243. The van der Waals surface area contributed by atoms with Crippen molar-refractivity contribution in [3.8, 4) is 0 Å². The van der Waals surface area contributed by atoms with Gasteiger partial charge in [0.25, 0.3) is 0 Å². The van der Waals surface area contributed by atoms with Crippen LogP contribution in [-0.2, 0) is 9.53 Å². The second-order valence-corrected chi connectivity index (χ2v) is 5.95. The number of carbonyl (C=O) groups excluding carboxylic acids is 1. The fourth-order valence-corrected chi connectivity index (χ4v) is 3.37. The van der Waals surface area contributed by atoms with Gasteiger partial charge in [-0.15, -0.1) is 0 Å². The van der Waals surface area contributed by atoms with Crippen molar-refractivity contribution in [3.63, 3.8) is 0 Å². The fourth-order valence-electron chi connectivity index (χ4n) is 3.37. The molecule has 1 aromatic carbocycles. The van der Waals surface area contributed by atoms with Crippen LogP contribution in [0, 0.1) is 6.92 Å². The molecule has 2 atom stereocenters. The van der Waals surface area contributed by atoms with E-state index in [0.717, 1.165) is 37.2 Å². The number of ether oxygens (including phenoxy) is 1. The maximum atomic E-state index is 12.3. The summed E-state index contributed by atoms with van der Waals surface area (Å²) in [5.41, 5.74) is 8.30. The number of nitrogens with one attached hydrogen (secondary N) is 1. The van der Waals surface area contributed by atoms with E-state index in [1.54, 1.807) is 0 Å². The van der Waals surface area contributed by atoms with Gasteiger partial charge >= 0.3 is 0 Å². The van der Waals surface area contributed by atoms with Crippen molar-refractivity contribution in [2.24, 2.45) is 0 Å². The summed E-state index contributed by atoms with van der Waals surface area (Å²) < 4.78 is 5.78. The molecule has 1 aliphatic carbocycles. The first-order valence-electron chi connectivity index (χ1n) is 7.66. The van der Waals surface area contributed by atoms with Crippen LogP contribution in [0.5, 0.6) is 0 Å². The molecule has 5 nitrogen and oxygen atoms in total. The van der Waals surface area contributed by atoms with E-state index in [-0.39, 0.29) is 5.91 Å². The highest BCUT2D eigenvalue weighted by atomic mass is 16.5. The summed E-state index contributed by atoms with van der Waals surface area (Å²) >= 11 is 0. The van der Waals surface area contributed by atoms with Gasteiger partial charge in [0, 0.05) is 24.0 Å². The third-order valence-corrected chi connectivity index (χ3v) is 4.59. The number of morpholine rings is 1. The molecule has 114 valence electrons. The first-order valence-corrected chi connectivity index (χ1v) is 7.66. The van der Waals surface area contributed by atoms with Crippen molar-refractivity contribution in [1.29, 1.82) is 0 Å². The topological polar surface area (TPSA) is 67.6 Å². The first kappa shape index (κ1) is 14.4. The van der Waals surface area contributed by atoms with Crippen LogP contribution in [0.4, 0.5) is 11.4 Å². The Labute approximate surface area is 125 Å². The zero-order valence-electron chi connectivity index (χ0n) is 12.5. The molecule has 21 heavy (non-hydrogen) atoms. The lowest BCUT2D eigenvalue weighted by Crippen LogP contribution is -2.51. The predicted molar refractivity (Wildman–Crippen MR) is 83.2 cm³/mol. The van der Waals surface area contributed by atoms with E-state index in [4.69, 9.17) is 10.5 Å². The molecule has 0 radical (unpaired) electrons. The van der Waals surface area contributed by atoms with Crippen LogP contribution in [-0.4, -0.2) is 42.6 Å². The van der Waals surface area contributed by atoms with Crippen LogP contribution in [0.25, 0.3) is 0 Å². The van der Waals surface area contributed by atoms with Crippen LogP contribution in [0.1, 0.15) is 24.8 Å². The summed E-state index contributed by atoms with van der Waals surface area (Å²) in [4.78, 5) is 14.6. The van der Waals surface area contributed by atoms with Gasteiger partial charge in [0.15, 0.2) is 0 Å². The minimum atomic E-state index is 0.0243. The molecule has 0 spiro atoms. The van der Waals surface area contributed by atoms with E-state index >= 15 is 0 Å². The zero-order valence-corrected chi connectivity index (χ0v) is 12.5. The molecule has 0 bridgehead atoms. The Bertz CT molecular complexity index is 532. The largest absolute Gasteiger partial charge is 0.398 e. The molecule has 1 heterocycles. The Morgan fingerprint density at radius 1 is 1.48 bits per heavy atom. The quantitative estimate of drug-likeness (QED) is 0.832. The average Bonchev–Trinajstić information content (AvgIpc) is 2.93. The molecule has 2 unspecified atom stereocenters. The fraction of sp³-hybridized carbons (Fsp3) is 0.562. The number of nitrogen functional groups attached to an aromatic ring is 1. The lowest BCUT2D eigenvalue weighted by molar-refractivity contribution is -0.121. The summed E-state index contributed by atoms with van der Waals surface area (Å²) in [7, 11) is 0. The van der Waals surface area contributed by atoms with Crippen molar-refractivity contribution in [2.45, 2.75) is 38.3 Å². The third kappa shape index (κ3) is 3.04. The zero-order chi connectivity index (χ0) is 14.8. The van der Waals surface area contributed by atoms with Crippen molar-refractivity contribution in [1.82, 2.24) is 4.90 Å². The molecular formula is C16H23N3O2. The van der Waals surface area contributed by atoms with Crippen molar-refractivity contribution < 1.29 is 9.53 Å². The van der Waals surface area contributed by atoms with Gasteiger partial charge in [-0.2, -0.15) is 0 Å². The number of amides is 1. The molecule has 2 aliphatic rings. The van der Waals surface area contributed by atoms with E-state index < -0.39 is 0 Å². The summed E-state index contributed by atoms with van der Waals surface area (Å²) in [6.45, 7) is 3.92. The van der Waals surface area contributed by atoms with Gasteiger partial charge in [-0.3, -0.25) is 9.69 Å². The van der Waals surface area contributed by atoms with Crippen molar-refractivity contribution in [2.75, 3.05) is 30.7 Å². The predicted octanol–water partition coefficient (Wildman–Crippen LogP) is 1.77. The van der Waals surface area contributed by atoms with Crippen LogP contribution < -0.4 is 11.1 Å².